The monoisotopic (exact) mass is 167 g/mol. The number of aromatic hydroxyl groups is 1. The van der Waals surface area contributed by atoms with Crippen LogP contribution in [-0.2, 0) is 0 Å². The summed E-state index contributed by atoms with van der Waals surface area (Å²) in [6.07, 6.45) is 0. The van der Waals surface area contributed by atoms with Crippen molar-refractivity contribution in [1.82, 2.24) is 4.98 Å². The standard InChI is InChI=1S/C5HF4NO/c6-1-2(7)4(8)10-5(9)3(1)11/h11H. The Morgan fingerprint density at radius 2 is 1.45 bits per heavy atom. The van der Waals surface area contributed by atoms with Gasteiger partial charge in [0.1, 0.15) is 0 Å². The molecule has 0 spiro atoms. The Labute approximate surface area is 58.1 Å². The Bertz CT molecular complexity index is 275. The topological polar surface area (TPSA) is 33.1 Å². The lowest BCUT2D eigenvalue weighted by molar-refractivity contribution is 0.335. The van der Waals surface area contributed by atoms with Gasteiger partial charge in [0, 0.05) is 0 Å². The molecule has 0 amide bonds. The van der Waals surface area contributed by atoms with Gasteiger partial charge in [0.25, 0.3) is 11.9 Å². The molecule has 11 heavy (non-hydrogen) atoms. The third kappa shape index (κ3) is 1.11. The molecular formula is C5HF4NO. The van der Waals surface area contributed by atoms with Gasteiger partial charge in [-0.25, -0.2) is 0 Å². The number of nitrogens with zero attached hydrogens (tertiary/aromatic N) is 1. The summed E-state index contributed by atoms with van der Waals surface area (Å²) in [7, 11) is 0. The second kappa shape index (κ2) is 2.37. The quantitative estimate of drug-likeness (QED) is 0.467. The molecule has 2 nitrogen and oxygen atoms in total. The smallest absolute Gasteiger partial charge is 0.261 e. The summed E-state index contributed by atoms with van der Waals surface area (Å²) in [5.74, 6) is -9.29. The molecule has 0 fully saturated rings. The van der Waals surface area contributed by atoms with Crippen LogP contribution < -0.4 is 0 Å². The number of halogens is 4. The summed E-state index contributed by atoms with van der Waals surface area (Å²) >= 11 is 0. The number of hydrogen-bond acceptors (Lipinski definition) is 2. The summed E-state index contributed by atoms with van der Waals surface area (Å²) < 4.78 is 48.1. The van der Waals surface area contributed by atoms with E-state index in [4.69, 9.17) is 5.11 Å². The van der Waals surface area contributed by atoms with Crippen LogP contribution in [0.3, 0.4) is 0 Å². The summed E-state index contributed by atoms with van der Waals surface area (Å²) in [5, 5.41) is 8.29. The van der Waals surface area contributed by atoms with Crippen LogP contribution in [0.1, 0.15) is 0 Å². The van der Waals surface area contributed by atoms with Crippen molar-refractivity contribution in [3.63, 3.8) is 0 Å². The molecule has 0 saturated carbocycles. The minimum absolute atomic E-state index is 1.62. The first-order valence-corrected chi connectivity index (χ1v) is 2.43. The van der Waals surface area contributed by atoms with Gasteiger partial charge in [0.15, 0.2) is 0 Å². The van der Waals surface area contributed by atoms with E-state index in [1.807, 2.05) is 0 Å². The summed E-state index contributed by atoms with van der Waals surface area (Å²) in [5.41, 5.74) is 0. The molecule has 0 unspecified atom stereocenters. The molecule has 1 rings (SSSR count). The fraction of sp³-hybridized carbons (Fsp3) is 0. The molecule has 1 aromatic heterocycles. The number of rotatable bonds is 0. The molecule has 1 N–H and O–H groups in total. The zero-order valence-corrected chi connectivity index (χ0v) is 4.91. The van der Waals surface area contributed by atoms with Gasteiger partial charge in [-0.05, 0) is 0 Å². The van der Waals surface area contributed by atoms with Gasteiger partial charge < -0.3 is 5.11 Å². The van der Waals surface area contributed by atoms with Crippen molar-refractivity contribution in [3.8, 4) is 5.75 Å². The van der Waals surface area contributed by atoms with E-state index in [2.05, 4.69) is 4.98 Å². The zero-order valence-electron chi connectivity index (χ0n) is 4.91. The van der Waals surface area contributed by atoms with E-state index < -0.39 is 29.3 Å². The Hall–Kier alpha value is -1.33. The minimum atomic E-state index is -2.00. The average molecular weight is 167 g/mol. The molecule has 0 aliphatic carbocycles. The highest BCUT2D eigenvalue weighted by atomic mass is 19.2. The van der Waals surface area contributed by atoms with Gasteiger partial charge in [-0.1, -0.05) is 0 Å². The van der Waals surface area contributed by atoms with Crippen LogP contribution in [0.5, 0.6) is 5.75 Å². The van der Waals surface area contributed by atoms with Crippen LogP contribution in [0, 0.1) is 23.5 Å². The third-order valence-corrected chi connectivity index (χ3v) is 0.973. The Balaban J connectivity index is 3.46. The molecule has 0 saturated heterocycles. The van der Waals surface area contributed by atoms with E-state index in [1.165, 1.54) is 0 Å². The largest absolute Gasteiger partial charge is 0.502 e. The highest BCUT2D eigenvalue weighted by Gasteiger charge is 2.19. The fourth-order valence-electron chi connectivity index (χ4n) is 0.473. The first-order chi connectivity index (χ1) is 5.04. The molecule has 0 aromatic carbocycles. The Morgan fingerprint density at radius 3 is 2.00 bits per heavy atom. The average Bonchev–Trinajstić information content (AvgIpc) is 1.97. The molecular weight excluding hydrogens is 166 g/mol. The van der Waals surface area contributed by atoms with Crippen LogP contribution in [0.2, 0.25) is 0 Å². The molecule has 0 atom stereocenters. The second-order valence-corrected chi connectivity index (χ2v) is 1.67. The number of aromatic nitrogens is 1. The molecule has 60 valence electrons. The maximum absolute atomic E-state index is 12.1. The van der Waals surface area contributed by atoms with Crippen molar-refractivity contribution in [2.24, 2.45) is 0 Å². The lowest BCUT2D eigenvalue weighted by atomic mass is 10.4. The minimum Gasteiger partial charge on any atom is -0.502 e. The predicted molar refractivity (Wildman–Crippen MR) is 25.7 cm³/mol. The van der Waals surface area contributed by atoms with Gasteiger partial charge in [-0.3, -0.25) is 0 Å². The number of hydrogen-bond donors (Lipinski definition) is 1. The summed E-state index contributed by atoms with van der Waals surface area (Å²) in [6, 6.07) is 0. The maximum Gasteiger partial charge on any atom is 0.261 e. The van der Waals surface area contributed by atoms with Crippen molar-refractivity contribution in [3.05, 3.63) is 23.5 Å². The van der Waals surface area contributed by atoms with Crippen LogP contribution >= 0.6 is 0 Å². The second-order valence-electron chi connectivity index (χ2n) is 1.67. The van der Waals surface area contributed by atoms with E-state index in [0.29, 0.717) is 0 Å². The van der Waals surface area contributed by atoms with Gasteiger partial charge >= 0.3 is 0 Å². The lowest BCUT2D eigenvalue weighted by Gasteiger charge is -1.97. The van der Waals surface area contributed by atoms with Gasteiger partial charge in [-0.15, -0.1) is 0 Å². The number of pyridine rings is 1. The zero-order chi connectivity index (χ0) is 8.59. The van der Waals surface area contributed by atoms with Crippen LogP contribution in [0.25, 0.3) is 0 Å². The molecule has 1 aromatic rings. The van der Waals surface area contributed by atoms with E-state index >= 15 is 0 Å². The molecule has 1 heterocycles. The predicted octanol–water partition coefficient (Wildman–Crippen LogP) is 1.34. The third-order valence-electron chi connectivity index (χ3n) is 0.973. The van der Waals surface area contributed by atoms with Gasteiger partial charge in [0.2, 0.25) is 17.4 Å². The highest BCUT2D eigenvalue weighted by Crippen LogP contribution is 2.21. The normalized spacial score (nSPS) is 10.2. The van der Waals surface area contributed by atoms with Gasteiger partial charge in [0.05, 0.1) is 0 Å². The van der Waals surface area contributed by atoms with E-state index in [1.54, 1.807) is 0 Å². The molecule has 0 radical (unpaired) electrons. The molecule has 0 aliphatic rings. The Morgan fingerprint density at radius 1 is 0.909 bits per heavy atom. The maximum atomic E-state index is 12.1. The first kappa shape index (κ1) is 7.77. The Kier molecular flexibility index (Phi) is 1.67. The highest BCUT2D eigenvalue weighted by molar-refractivity contribution is 5.20. The lowest BCUT2D eigenvalue weighted by Crippen LogP contribution is -1.98. The van der Waals surface area contributed by atoms with Crippen molar-refractivity contribution in [2.45, 2.75) is 0 Å². The van der Waals surface area contributed by atoms with Crippen molar-refractivity contribution in [2.75, 3.05) is 0 Å². The van der Waals surface area contributed by atoms with E-state index in [9.17, 15) is 17.6 Å². The van der Waals surface area contributed by atoms with Crippen LogP contribution in [0.4, 0.5) is 17.6 Å². The van der Waals surface area contributed by atoms with Crippen molar-refractivity contribution < 1.29 is 22.7 Å². The SMILES string of the molecule is Oc1c(F)nc(F)c(F)c1F. The summed E-state index contributed by atoms with van der Waals surface area (Å²) in [6.45, 7) is 0. The van der Waals surface area contributed by atoms with E-state index in [-0.39, 0.29) is 0 Å². The molecule has 0 bridgehead atoms. The molecule has 0 aliphatic heterocycles. The molecule has 6 heteroatoms. The van der Waals surface area contributed by atoms with Gasteiger partial charge in [-0.2, -0.15) is 22.5 Å². The van der Waals surface area contributed by atoms with Crippen LogP contribution in [0.15, 0.2) is 0 Å². The van der Waals surface area contributed by atoms with E-state index in [0.717, 1.165) is 0 Å². The van der Waals surface area contributed by atoms with Crippen LogP contribution in [-0.4, -0.2) is 10.1 Å². The van der Waals surface area contributed by atoms with Crippen molar-refractivity contribution >= 4 is 0 Å². The fourth-order valence-corrected chi connectivity index (χ4v) is 0.473. The van der Waals surface area contributed by atoms with Crippen molar-refractivity contribution in [1.29, 1.82) is 0 Å². The summed E-state index contributed by atoms with van der Waals surface area (Å²) in [4.78, 5) is 2.24. The first-order valence-electron chi connectivity index (χ1n) is 2.43.